The van der Waals surface area contributed by atoms with Gasteiger partial charge in [-0.05, 0) is 13.0 Å². The van der Waals surface area contributed by atoms with E-state index in [1.807, 2.05) is 0 Å². The summed E-state index contributed by atoms with van der Waals surface area (Å²) in [6.07, 6.45) is 0.971. The van der Waals surface area contributed by atoms with E-state index in [-0.39, 0.29) is 6.54 Å². The quantitative estimate of drug-likeness (QED) is 0.625. The zero-order chi connectivity index (χ0) is 8.91. The van der Waals surface area contributed by atoms with Crippen molar-refractivity contribution in [3.63, 3.8) is 0 Å². The lowest BCUT2D eigenvalue weighted by atomic mass is 10.3. The third-order valence-corrected chi connectivity index (χ3v) is 1.09. The smallest absolute Gasteiger partial charge is 0.296 e. The predicted molar refractivity (Wildman–Crippen MR) is 37.0 cm³/mol. The van der Waals surface area contributed by atoms with Crippen molar-refractivity contribution in [2.75, 3.05) is 6.54 Å². The summed E-state index contributed by atoms with van der Waals surface area (Å²) in [5, 5.41) is 2.20. The van der Waals surface area contributed by atoms with Gasteiger partial charge in [-0.3, -0.25) is 5.32 Å². The van der Waals surface area contributed by atoms with Crippen LogP contribution in [0.4, 0.5) is 13.2 Å². The van der Waals surface area contributed by atoms with Crippen molar-refractivity contribution in [3.8, 4) is 12.3 Å². The summed E-state index contributed by atoms with van der Waals surface area (Å²) in [7, 11) is 0. The molecule has 0 aromatic carbocycles. The molecule has 11 heavy (non-hydrogen) atoms. The van der Waals surface area contributed by atoms with Crippen LogP contribution in [0.25, 0.3) is 0 Å². The number of alkyl halides is 3. The Morgan fingerprint density at radius 3 is 2.36 bits per heavy atom. The second kappa shape index (κ2) is 4.24. The predicted octanol–water partition coefficient (Wildman–Crippen LogP) is 1.55. The van der Waals surface area contributed by atoms with Gasteiger partial charge in [-0.25, -0.2) is 0 Å². The molecule has 1 nitrogen and oxygen atoms in total. The van der Waals surface area contributed by atoms with Crippen molar-refractivity contribution in [2.24, 2.45) is 0 Å². The Balaban J connectivity index is 3.89. The minimum absolute atomic E-state index is 0.286. The first-order valence-electron chi connectivity index (χ1n) is 3.28. The van der Waals surface area contributed by atoms with Crippen molar-refractivity contribution >= 4 is 0 Å². The van der Waals surface area contributed by atoms with Crippen LogP contribution >= 0.6 is 0 Å². The van der Waals surface area contributed by atoms with Crippen molar-refractivity contribution in [1.82, 2.24) is 5.32 Å². The molecule has 0 aliphatic carbocycles. The van der Waals surface area contributed by atoms with Gasteiger partial charge in [0.2, 0.25) is 0 Å². The molecule has 1 N–H and O–H groups in total. The molecule has 0 spiro atoms. The van der Waals surface area contributed by atoms with E-state index < -0.39 is 12.2 Å². The van der Waals surface area contributed by atoms with Gasteiger partial charge in [0, 0.05) is 0 Å². The van der Waals surface area contributed by atoms with Crippen LogP contribution in [-0.2, 0) is 0 Å². The van der Waals surface area contributed by atoms with E-state index in [9.17, 15) is 13.2 Å². The summed E-state index contributed by atoms with van der Waals surface area (Å²) in [5.74, 6) is 1.64. The van der Waals surface area contributed by atoms with E-state index in [1.54, 1.807) is 12.8 Å². The van der Waals surface area contributed by atoms with Gasteiger partial charge in [-0.15, -0.1) is 6.42 Å². The van der Waals surface area contributed by atoms with Crippen molar-refractivity contribution in [1.29, 1.82) is 0 Å². The fourth-order valence-corrected chi connectivity index (χ4v) is 0.558. The molecule has 4 heteroatoms. The molecule has 64 valence electrons. The van der Waals surface area contributed by atoms with Crippen molar-refractivity contribution < 1.29 is 13.2 Å². The molecule has 0 amide bonds. The van der Waals surface area contributed by atoms with E-state index >= 15 is 0 Å². The van der Waals surface area contributed by atoms with Crippen molar-refractivity contribution in [3.05, 3.63) is 0 Å². The molecule has 1 atom stereocenters. The van der Waals surface area contributed by atoms with Crippen LogP contribution in [0, 0.1) is 12.3 Å². The average Bonchev–Trinajstić information content (AvgIpc) is 1.87. The van der Waals surface area contributed by atoms with Crippen LogP contribution in [-0.4, -0.2) is 18.8 Å². The van der Waals surface area contributed by atoms with Gasteiger partial charge in [0.1, 0.15) is 0 Å². The molecule has 0 aromatic rings. The highest BCUT2D eigenvalue weighted by Crippen LogP contribution is 2.19. The molecule has 1 unspecified atom stereocenters. The van der Waals surface area contributed by atoms with E-state index in [4.69, 9.17) is 0 Å². The SMILES string of the molecule is C#CC(NCCC)C(F)(F)F. The zero-order valence-corrected chi connectivity index (χ0v) is 6.20. The highest BCUT2D eigenvalue weighted by atomic mass is 19.4. The number of nitrogens with one attached hydrogen (secondary N) is 1. The summed E-state index contributed by atoms with van der Waals surface area (Å²) < 4.78 is 35.5. The van der Waals surface area contributed by atoms with E-state index in [0.29, 0.717) is 6.42 Å². The van der Waals surface area contributed by atoms with E-state index in [1.165, 1.54) is 0 Å². The highest BCUT2D eigenvalue weighted by Gasteiger charge is 2.37. The Morgan fingerprint density at radius 2 is 2.09 bits per heavy atom. The maximum Gasteiger partial charge on any atom is 0.415 e. The summed E-state index contributed by atoms with van der Waals surface area (Å²) in [6.45, 7) is 2.06. The lowest BCUT2D eigenvalue weighted by Crippen LogP contribution is -2.41. The number of rotatable bonds is 3. The lowest BCUT2D eigenvalue weighted by Gasteiger charge is -2.15. The molecule has 0 aliphatic heterocycles. The topological polar surface area (TPSA) is 12.0 Å². The van der Waals surface area contributed by atoms with Crippen LogP contribution < -0.4 is 5.32 Å². The second-order valence-electron chi connectivity index (χ2n) is 2.10. The lowest BCUT2D eigenvalue weighted by molar-refractivity contribution is -0.142. The Kier molecular flexibility index (Phi) is 3.98. The molecule has 0 saturated carbocycles. The maximum absolute atomic E-state index is 11.8. The van der Waals surface area contributed by atoms with Crippen LogP contribution in [0.2, 0.25) is 0 Å². The standard InChI is InChI=1S/C7H10F3N/c1-3-5-11-6(4-2)7(8,9)10/h2,6,11H,3,5H2,1H3. The summed E-state index contributed by atoms with van der Waals surface area (Å²) in [6, 6.07) is -1.80. The van der Waals surface area contributed by atoms with Gasteiger partial charge in [0.15, 0.2) is 6.04 Å². The number of hydrogen-bond donors (Lipinski definition) is 1. The minimum atomic E-state index is -4.33. The third-order valence-electron chi connectivity index (χ3n) is 1.09. The molecule has 0 aromatic heterocycles. The molecular weight excluding hydrogens is 155 g/mol. The molecule has 0 fully saturated rings. The Bertz CT molecular complexity index is 145. The first-order chi connectivity index (χ1) is 5.02. The molecular formula is C7H10F3N. The average molecular weight is 165 g/mol. The molecule has 0 heterocycles. The van der Waals surface area contributed by atoms with Gasteiger partial charge in [0.05, 0.1) is 0 Å². The fourth-order valence-electron chi connectivity index (χ4n) is 0.558. The normalized spacial score (nSPS) is 14.1. The molecule has 0 saturated heterocycles. The number of hydrogen-bond acceptors (Lipinski definition) is 1. The largest absolute Gasteiger partial charge is 0.415 e. The summed E-state index contributed by atoms with van der Waals surface area (Å²) in [5.41, 5.74) is 0. The van der Waals surface area contributed by atoms with Crippen LogP contribution in [0.5, 0.6) is 0 Å². The van der Waals surface area contributed by atoms with Gasteiger partial charge < -0.3 is 0 Å². The van der Waals surface area contributed by atoms with E-state index in [0.717, 1.165) is 0 Å². The van der Waals surface area contributed by atoms with Crippen LogP contribution in [0.1, 0.15) is 13.3 Å². The zero-order valence-electron chi connectivity index (χ0n) is 6.20. The van der Waals surface area contributed by atoms with Gasteiger partial charge >= 0.3 is 6.18 Å². The first-order valence-corrected chi connectivity index (χ1v) is 3.28. The van der Waals surface area contributed by atoms with Crippen LogP contribution in [0.15, 0.2) is 0 Å². The van der Waals surface area contributed by atoms with Crippen LogP contribution in [0.3, 0.4) is 0 Å². The van der Waals surface area contributed by atoms with Gasteiger partial charge in [-0.1, -0.05) is 12.8 Å². The van der Waals surface area contributed by atoms with Gasteiger partial charge in [-0.2, -0.15) is 13.2 Å². The third kappa shape index (κ3) is 3.89. The molecule has 0 rings (SSSR count). The Hall–Kier alpha value is -0.690. The number of terminal acetylenes is 1. The Labute approximate surface area is 64.0 Å². The van der Waals surface area contributed by atoms with E-state index in [2.05, 4.69) is 11.7 Å². The molecule has 0 bridgehead atoms. The molecule has 0 radical (unpaired) electrons. The second-order valence-corrected chi connectivity index (χ2v) is 2.10. The summed E-state index contributed by atoms with van der Waals surface area (Å²) >= 11 is 0. The van der Waals surface area contributed by atoms with Crippen molar-refractivity contribution in [2.45, 2.75) is 25.6 Å². The minimum Gasteiger partial charge on any atom is -0.296 e. The molecule has 0 aliphatic rings. The number of halogens is 3. The highest BCUT2D eigenvalue weighted by molar-refractivity contribution is 5.02. The first kappa shape index (κ1) is 10.3. The Morgan fingerprint density at radius 1 is 1.55 bits per heavy atom. The monoisotopic (exact) mass is 165 g/mol. The maximum atomic E-state index is 11.8. The summed E-state index contributed by atoms with van der Waals surface area (Å²) in [4.78, 5) is 0. The fraction of sp³-hybridized carbons (Fsp3) is 0.714. The van der Waals surface area contributed by atoms with Gasteiger partial charge in [0.25, 0.3) is 0 Å².